The molecule has 0 spiro atoms. The maximum absolute atomic E-state index is 13.8. The zero-order valence-corrected chi connectivity index (χ0v) is 32.7. The number of thiophene rings is 1. The summed E-state index contributed by atoms with van der Waals surface area (Å²) in [5, 5.41) is 4.21. The summed E-state index contributed by atoms with van der Waals surface area (Å²) >= 11 is 14.5. The fraction of sp³-hybridized carbons (Fsp3) is 0.429. The summed E-state index contributed by atoms with van der Waals surface area (Å²) in [6.45, 7) is 10.2. The van der Waals surface area contributed by atoms with Crippen molar-refractivity contribution in [2.75, 3.05) is 40.0 Å². The molecule has 1 aromatic heterocycles. The molecule has 282 valence electrons. The number of nitrogens with one attached hydrogen (secondary N) is 1. The van der Waals surface area contributed by atoms with Crippen molar-refractivity contribution in [1.29, 1.82) is 0 Å². The third-order valence-corrected chi connectivity index (χ3v) is 12.4. The van der Waals surface area contributed by atoms with E-state index in [4.69, 9.17) is 42.1 Å². The van der Waals surface area contributed by atoms with Crippen LogP contribution in [0.2, 0.25) is 0 Å². The third kappa shape index (κ3) is 10.1. The quantitative estimate of drug-likeness (QED) is 0.101. The molecule has 4 aliphatic rings. The van der Waals surface area contributed by atoms with Crippen LogP contribution < -0.4 is 14.8 Å². The van der Waals surface area contributed by atoms with E-state index >= 15 is 0 Å². The number of hydrogen-bond acceptors (Lipinski definition) is 9. The van der Waals surface area contributed by atoms with Crippen molar-refractivity contribution >= 4 is 46.5 Å². The molecule has 53 heavy (non-hydrogen) atoms. The number of rotatable bonds is 18. The van der Waals surface area contributed by atoms with E-state index in [1.54, 1.807) is 19.3 Å². The Kier molecular flexibility index (Phi) is 13.4. The monoisotopic (exact) mass is 778 g/mol. The highest BCUT2D eigenvalue weighted by molar-refractivity contribution is 7.13. The second-order valence-corrected chi connectivity index (χ2v) is 16.1. The van der Waals surface area contributed by atoms with Gasteiger partial charge in [-0.2, -0.15) is 0 Å². The number of halogens is 2. The lowest BCUT2D eigenvalue weighted by atomic mass is 9.73. The van der Waals surface area contributed by atoms with Crippen molar-refractivity contribution in [3.05, 3.63) is 116 Å². The summed E-state index contributed by atoms with van der Waals surface area (Å²) in [5.74, 6) is 0.926. The van der Waals surface area contributed by atoms with Gasteiger partial charge in [0.05, 0.1) is 20.3 Å². The summed E-state index contributed by atoms with van der Waals surface area (Å²) in [6, 6.07) is 18.1. The molecular weight excluding hydrogens is 731 g/mol. The summed E-state index contributed by atoms with van der Waals surface area (Å²) in [7, 11) is 1.60. The van der Waals surface area contributed by atoms with Crippen LogP contribution >= 0.6 is 34.5 Å². The molecule has 3 saturated heterocycles. The molecule has 2 unspecified atom stereocenters. The van der Waals surface area contributed by atoms with E-state index in [9.17, 15) is 9.59 Å². The Balaban J connectivity index is 1.17. The Hall–Kier alpha value is -3.60. The van der Waals surface area contributed by atoms with E-state index in [0.717, 1.165) is 62.2 Å². The Morgan fingerprint density at radius 2 is 1.75 bits per heavy atom. The van der Waals surface area contributed by atoms with Crippen LogP contribution in [0.1, 0.15) is 83.3 Å². The average Bonchev–Trinajstić information content (AvgIpc) is 3.92. The number of carbonyl (C=O) groups excluding carboxylic acids is 2. The highest BCUT2D eigenvalue weighted by Gasteiger charge is 2.41. The van der Waals surface area contributed by atoms with E-state index in [1.165, 1.54) is 17.4 Å². The molecule has 3 aromatic rings. The molecule has 2 aromatic carbocycles. The molecular formula is C42H48Cl2N2O6S. The number of fused-ring (bicyclic) bond motifs is 3. The predicted molar refractivity (Wildman–Crippen MR) is 211 cm³/mol. The van der Waals surface area contributed by atoms with Crippen LogP contribution in [0.15, 0.2) is 95.0 Å². The van der Waals surface area contributed by atoms with Gasteiger partial charge in [0.25, 0.3) is 0 Å². The molecule has 1 N–H and O–H groups in total. The van der Waals surface area contributed by atoms with E-state index in [1.807, 2.05) is 61.5 Å². The van der Waals surface area contributed by atoms with Gasteiger partial charge in [0.15, 0.2) is 11.5 Å². The highest BCUT2D eigenvalue weighted by Crippen LogP contribution is 2.41. The largest absolute Gasteiger partial charge is 0.493 e. The number of nitrogens with zero attached hydrogens (tertiary/aromatic N) is 1. The predicted octanol–water partition coefficient (Wildman–Crippen LogP) is 9.52. The van der Waals surface area contributed by atoms with Gasteiger partial charge in [-0.15, -0.1) is 11.3 Å². The number of benzene rings is 2. The van der Waals surface area contributed by atoms with Crippen molar-refractivity contribution in [1.82, 2.24) is 10.2 Å². The second-order valence-electron chi connectivity index (χ2n) is 14.1. The number of piperidine rings is 3. The van der Waals surface area contributed by atoms with Crippen LogP contribution in [-0.2, 0) is 20.8 Å². The standard InChI is InChI=1S/C42H48Cl2N2O6S/c1-4-33(43)32(34(44)5-2)24-36(30-13-15-35(49-3)37(23-30)50-26-28-11-12-28)52-40(47)38-16-14-31(53-38)25-45-39(29-9-7-6-8-10-29)41(48)51-27-42-17-20-46(21-18-42)22-19-42/h4-10,13-16,23,28,36,39,45H,1,11-12,17-22,24-27H2,2-3H3/b33-32+,34-5+. The second kappa shape index (κ2) is 18.2. The molecule has 2 atom stereocenters. The number of allylic oxidation sites excluding steroid dienone is 4. The van der Waals surface area contributed by atoms with Gasteiger partial charge in [0.1, 0.15) is 17.0 Å². The first-order valence-electron chi connectivity index (χ1n) is 18.3. The normalized spacial score (nSPS) is 21.3. The zero-order chi connectivity index (χ0) is 37.4. The SMILES string of the molecule is C=C/C(Cl)=C(CC(OC(=O)c1ccc(CNC(C(=O)OCC23CCN(CC2)CC3)c2ccccc2)s1)c1ccc(OC)c(OCC2CC2)c1)\C(Cl)=C/C. The van der Waals surface area contributed by atoms with E-state index in [2.05, 4.69) is 16.8 Å². The van der Waals surface area contributed by atoms with Gasteiger partial charge < -0.3 is 23.8 Å². The van der Waals surface area contributed by atoms with Crippen molar-refractivity contribution in [3.63, 3.8) is 0 Å². The van der Waals surface area contributed by atoms with Gasteiger partial charge in [0, 0.05) is 33.3 Å². The van der Waals surface area contributed by atoms with Gasteiger partial charge >= 0.3 is 11.9 Å². The summed E-state index contributed by atoms with van der Waals surface area (Å²) < 4.78 is 24.0. The Morgan fingerprint density at radius 1 is 1.02 bits per heavy atom. The van der Waals surface area contributed by atoms with Crippen molar-refractivity contribution in [2.24, 2.45) is 11.3 Å². The molecule has 1 saturated carbocycles. The van der Waals surface area contributed by atoms with Gasteiger partial charge in [-0.1, -0.05) is 78.3 Å². The Morgan fingerprint density at radius 3 is 2.42 bits per heavy atom. The molecule has 4 fully saturated rings. The molecule has 11 heteroatoms. The van der Waals surface area contributed by atoms with Crippen molar-refractivity contribution in [2.45, 2.75) is 64.1 Å². The zero-order valence-electron chi connectivity index (χ0n) is 30.4. The van der Waals surface area contributed by atoms with Crippen LogP contribution in [0.5, 0.6) is 11.5 Å². The summed E-state index contributed by atoms with van der Waals surface area (Å²) in [5.41, 5.74) is 2.21. The highest BCUT2D eigenvalue weighted by atomic mass is 35.5. The fourth-order valence-electron chi connectivity index (χ4n) is 6.89. The Bertz CT molecular complexity index is 1800. The molecule has 7 rings (SSSR count). The van der Waals surface area contributed by atoms with Crippen LogP contribution in [0.4, 0.5) is 0 Å². The molecule has 4 heterocycles. The molecule has 1 aliphatic carbocycles. The van der Waals surface area contributed by atoms with Crippen LogP contribution in [0, 0.1) is 11.3 Å². The van der Waals surface area contributed by atoms with Crippen LogP contribution in [0.3, 0.4) is 0 Å². The Labute approximate surface area is 326 Å². The third-order valence-electron chi connectivity index (χ3n) is 10.5. The van der Waals surface area contributed by atoms with Gasteiger partial charge in [-0.3, -0.25) is 5.32 Å². The minimum atomic E-state index is -0.758. The average molecular weight is 780 g/mol. The topological polar surface area (TPSA) is 86.3 Å². The molecule has 8 nitrogen and oxygen atoms in total. The number of ether oxygens (including phenoxy) is 4. The molecule has 2 bridgehead atoms. The number of carbonyl (C=O) groups is 2. The number of hydrogen-bond donors (Lipinski definition) is 1. The minimum absolute atomic E-state index is 0.0786. The first-order valence-corrected chi connectivity index (χ1v) is 19.9. The fourth-order valence-corrected chi connectivity index (χ4v) is 8.14. The smallest absolute Gasteiger partial charge is 0.348 e. The minimum Gasteiger partial charge on any atom is -0.493 e. The maximum atomic E-state index is 13.8. The van der Waals surface area contributed by atoms with E-state index in [0.29, 0.717) is 63.3 Å². The number of esters is 2. The molecule has 0 radical (unpaired) electrons. The maximum Gasteiger partial charge on any atom is 0.348 e. The van der Waals surface area contributed by atoms with Gasteiger partial charge in [-0.25, -0.2) is 9.59 Å². The first-order chi connectivity index (χ1) is 25.7. The lowest BCUT2D eigenvalue weighted by Gasteiger charge is -2.48. The number of methoxy groups -OCH3 is 1. The summed E-state index contributed by atoms with van der Waals surface area (Å²) in [6.07, 6.45) is 8.19. The van der Waals surface area contributed by atoms with Crippen LogP contribution in [0.25, 0.3) is 0 Å². The van der Waals surface area contributed by atoms with Crippen molar-refractivity contribution in [3.8, 4) is 11.5 Å². The lowest BCUT2D eigenvalue weighted by molar-refractivity contribution is -0.153. The van der Waals surface area contributed by atoms with Gasteiger partial charge in [0.2, 0.25) is 0 Å². The lowest BCUT2D eigenvalue weighted by Crippen LogP contribution is -2.50. The van der Waals surface area contributed by atoms with Crippen molar-refractivity contribution < 1.29 is 28.5 Å². The first kappa shape index (κ1) is 39.1. The van der Waals surface area contributed by atoms with Crippen LogP contribution in [-0.4, -0.2) is 56.8 Å². The molecule has 0 amide bonds. The van der Waals surface area contributed by atoms with E-state index < -0.39 is 18.1 Å². The van der Waals surface area contributed by atoms with Gasteiger partial charge in [-0.05, 0) is 106 Å². The summed E-state index contributed by atoms with van der Waals surface area (Å²) in [4.78, 5) is 31.2. The van der Waals surface area contributed by atoms with E-state index in [-0.39, 0.29) is 17.8 Å². The molecule has 3 aliphatic heterocycles.